The van der Waals surface area contributed by atoms with Gasteiger partial charge in [0.1, 0.15) is 0 Å². The van der Waals surface area contributed by atoms with Crippen molar-refractivity contribution in [2.45, 2.75) is 37.2 Å². The number of nitrogens with zero attached hydrogens (tertiary/aromatic N) is 2. The summed E-state index contributed by atoms with van der Waals surface area (Å²) < 4.78 is 25.5. The fraction of sp³-hybridized carbons (Fsp3) is 0.364. The zero-order valence-electron chi connectivity index (χ0n) is 17.5. The Bertz CT molecular complexity index is 1020. The summed E-state index contributed by atoms with van der Waals surface area (Å²) in [5.41, 5.74) is 2.34. The van der Waals surface area contributed by atoms with Gasteiger partial charge in [-0.2, -0.15) is 0 Å². The Kier molecular flexibility index (Phi) is 6.58. The molecule has 1 heterocycles. The zero-order valence-corrected chi connectivity index (χ0v) is 18.3. The summed E-state index contributed by atoms with van der Waals surface area (Å²) in [5.74, 6) is -0.0358. The van der Waals surface area contributed by atoms with E-state index in [-0.39, 0.29) is 22.8 Å². The van der Waals surface area contributed by atoms with Gasteiger partial charge in [-0.15, -0.1) is 0 Å². The Morgan fingerprint density at radius 3 is 2.27 bits per heavy atom. The summed E-state index contributed by atoms with van der Waals surface area (Å²) in [7, 11) is -0.507. The summed E-state index contributed by atoms with van der Waals surface area (Å²) in [6.07, 6.45) is 1.51. The van der Waals surface area contributed by atoms with Crippen LogP contribution in [0.4, 0.5) is 0 Å². The van der Waals surface area contributed by atoms with Gasteiger partial charge >= 0.3 is 0 Å². The van der Waals surface area contributed by atoms with Gasteiger partial charge < -0.3 is 10.2 Å². The molecule has 2 aromatic carbocycles. The van der Waals surface area contributed by atoms with Gasteiger partial charge in [0.2, 0.25) is 15.9 Å². The quantitative estimate of drug-likeness (QED) is 0.733. The van der Waals surface area contributed by atoms with E-state index in [1.165, 1.54) is 14.1 Å². The van der Waals surface area contributed by atoms with Crippen molar-refractivity contribution in [1.29, 1.82) is 0 Å². The first-order valence-corrected chi connectivity index (χ1v) is 11.3. The zero-order chi connectivity index (χ0) is 21.9. The summed E-state index contributed by atoms with van der Waals surface area (Å²) in [6, 6.07) is 13.5. The van der Waals surface area contributed by atoms with Crippen LogP contribution in [-0.4, -0.2) is 50.1 Å². The van der Waals surface area contributed by atoms with E-state index in [1.54, 1.807) is 36.4 Å². The van der Waals surface area contributed by atoms with E-state index < -0.39 is 10.0 Å². The number of likely N-dealkylation sites (tertiary alicyclic amines) is 1. The van der Waals surface area contributed by atoms with Gasteiger partial charge in [0, 0.05) is 39.2 Å². The SMILES string of the molecule is CC(NC(=O)c1ccc(CN2CCCC2=O)cc1)c1ccc(S(=O)(=O)N(C)C)cc1. The van der Waals surface area contributed by atoms with E-state index in [4.69, 9.17) is 0 Å². The average Bonchev–Trinajstić information content (AvgIpc) is 3.12. The van der Waals surface area contributed by atoms with Crippen LogP contribution in [0, 0.1) is 0 Å². The minimum atomic E-state index is -3.48. The normalized spacial score (nSPS) is 15.5. The van der Waals surface area contributed by atoms with E-state index >= 15 is 0 Å². The molecule has 1 fully saturated rings. The van der Waals surface area contributed by atoms with Gasteiger partial charge in [0.15, 0.2) is 0 Å². The fourth-order valence-corrected chi connectivity index (χ4v) is 4.26. The summed E-state index contributed by atoms with van der Waals surface area (Å²) in [4.78, 5) is 26.4. The predicted octanol–water partition coefficient (Wildman–Crippen LogP) is 2.55. The standard InChI is InChI=1S/C22H27N3O4S/c1-16(18-10-12-20(13-11-18)30(28,29)24(2)3)23-22(27)19-8-6-17(7-9-19)15-25-14-4-5-21(25)26/h6-13,16H,4-5,14-15H2,1-3H3,(H,23,27). The van der Waals surface area contributed by atoms with Crippen molar-refractivity contribution in [2.75, 3.05) is 20.6 Å². The third-order valence-corrected chi connectivity index (χ3v) is 7.10. The molecule has 1 aliphatic rings. The van der Waals surface area contributed by atoms with Gasteiger partial charge in [-0.1, -0.05) is 24.3 Å². The molecule has 7 nitrogen and oxygen atoms in total. The van der Waals surface area contributed by atoms with Crippen LogP contribution in [0.2, 0.25) is 0 Å². The third-order valence-electron chi connectivity index (χ3n) is 5.27. The third kappa shape index (κ3) is 4.88. The molecule has 1 atom stereocenters. The Labute approximate surface area is 177 Å². The largest absolute Gasteiger partial charge is 0.346 e. The molecular formula is C22H27N3O4S. The maximum absolute atomic E-state index is 12.6. The first kappa shape index (κ1) is 22.0. The molecule has 2 aromatic rings. The van der Waals surface area contributed by atoms with Crippen LogP contribution < -0.4 is 5.32 Å². The highest BCUT2D eigenvalue weighted by Gasteiger charge is 2.20. The fourth-order valence-electron chi connectivity index (χ4n) is 3.36. The Hall–Kier alpha value is -2.71. The molecule has 2 amide bonds. The number of amides is 2. The van der Waals surface area contributed by atoms with Gasteiger partial charge in [-0.25, -0.2) is 12.7 Å². The first-order chi connectivity index (χ1) is 14.2. The molecule has 30 heavy (non-hydrogen) atoms. The molecular weight excluding hydrogens is 402 g/mol. The number of nitrogens with one attached hydrogen (secondary N) is 1. The lowest BCUT2D eigenvalue weighted by atomic mass is 10.1. The van der Waals surface area contributed by atoms with Crippen LogP contribution in [0.5, 0.6) is 0 Å². The minimum Gasteiger partial charge on any atom is -0.346 e. The maximum Gasteiger partial charge on any atom is 0.251 e. The number of sulfonamides is 1. The number of hydrogen-bond acceptors (Lipinski definition) is 4. The van der Waals surface area contributed by atoms with E-state index in [9.17, 15) is 18.0 Å². The molecule has 1 N–H and O–H groups in total. The van der Waals surface area contributed by atoms with Crippen LogP contribution in [0.3, 0.4) is 0 Å². The molecule has 0 radical (unpaired) electrons. The molecule has 1 saturated heterocycles. The maximum atomic E-state index is 12.6. The number of benzene rings is 2. The molecule has 1 unspecified atom stereocenters. The van der Waals surface area contributed by atoms with Crippen molar-refractivity contribution in [3.8, 4) is 0 Å². The Balaban J connectivity index is 1.62. The van der Waals surface area contributed by atoms with E-state index in [2.05, 4.69) is 5.32 Å². The van der Waals surface area contributed by atoms with Crippen molar-refractivity contribution in [1.82, 2.24) is 14.5 Å². The van der Waals surface area contributed by atoms with E-state index in [0.717, 1.165) is 28.4 Å². The van der Waals surface area contributed by atoms with Gasteiger partial charge in [0.05, 0.1) is 10.9 Å². The van der Waals surface area contributed by atoms with Crippen molar-refractivity contribution < 1.29 is 18.0 Å². The summed E-state index contributed by atoms with van der Waals surface area (Å²) in [5, 5.41) is 2.93. The van der Waals surface area contributed by atoms with Crippen LogP contribution in [0.1, 0.15) is 47.3 Å². The number of carbonyl (C=O) groups is 2. The molecule has 8 heteroatoms. The Morgan fingerprint density at radius 1 is 1.10 bits per heavy atom. The monoisotopic (exact) mass is 429 g/mol. The highest BCUT2D eigenvalue weighted by molar-refractivity contribution is 7.89. The summed E-state index contributed by atoms with van der Waals surface area (Å²) in [6.45, 7) is 3.20. The smallest absolute Gasteiger partial charge is 0.251 e. The second-order valence-electron chi connectivity index (χ2n) is 7.67. The number of hydrogen-bond donors (Lipinski definition) is 1. The Morgan fingerprint density at radius 2 is 1.73 bits per heavy atom. The van der Waals surface area contributed by atoms with Crippen LogP contribution in [0.25, 0.3) is 0 Å². The minimum absolute atomic E-state index is 0.176. The van der Waals surface area contributed by atoms with E-state index in [0.29, 0.717) is 18.5 Å². The number of rotatable bonds is 7. The lowest BCUT2D eigenvalue weighted by Crippen LogP contribution is -2.27. The highest BCUT2D eigenvalue weighted by atomic mass is 32.2. The number of carbonyl (C=O) groups excluding carboxylic acids is 2. The van der Waals surface area contributed by atoms with Gasteiger partial charge in [0.25, 0.3) is 5.91 Å². The van der Waals surface area contributed by atoms with E-state index in [1.807, 2.05) is 24.0 Å². The lowest BCUT2D eigenvalue weighted by molar-refractivity contribution is -0.128. The van der Waals surface area contributed by atoms with Crippen LogP contribution in [0.15, 0.2) is 53.4 Å². The highest BCUT2D eigenvalue weighted by Crippen LogP contribution is 2.19. The first-order valence-electron chi connectivity index (χ1n) is 9.88. The molecule has 3 rings (SSSR count). The molecule has 0 spiro atoms. The average molecular weight is 430 g/mol. The topological polar surface area (TPSA) is 86.8 Å². The van der Waals surface area contributed by atoms with Crippen molar-refractivity contribution >= 4 is 21.8 Å². The molecule has 0 saturated carbocycles. The van der Waals surface area contributed by atoms with Crippen LogP contribution in [-0.2, 0) is 21.4 Å². The molecule has 0 aromatic heterocycles. The van der Waals surface area contributed by atoms with Crippen molar-refractivity contribution in [2.24, 2.45) is 0 Å². The molecule has 0 aliphatic carbocycles. The van der Waals surface area contributed by atoms with Crippen molar-refractivity contribution in [3.05, 3.63) is 65.2 Å². The predicted molar refractivity (Wildman–Crippen MR) is 114 cm³/mol. The van der Waals surface area contributed by atoms with Crippen molar-refractivity contribution in [3.63, 3.8) is 0 Å². The second kappa shape index (κ2) is 8.97. The molecule has 160 valence electrons. The van der Waals surface area contributed by atoms with Crippen LogP contribution >= 0.6 is 0 Å². The summed E-state index contributed by atoms with van der Waals surface area (Å²) >= 11 is 0. The second-order valence-corrected chi connectivity index (χ2v) is 9.82. The van der Waals surface area contributed by atoms with Gasteiger partial charge in [-0.3, -0.25) is 9.59 Å². The molecule has 0 bridgehead atoms. The molecule has 1 aliphatic heterocycles. The lowest BCUT2D eigenvalue weighted by Gasteiger charge is -2.17. The van der Waals surface area contributed by atoms with Gasteiger partial charge in [-0.05, 0) is 48.7 Å².